The molecule has 1 aromatic heterocycles. The maximum Gasteiger partial charge on any atom is 0.374 e. The van der Waals surface area contributed by atoms with Gasteiger partial charge in [-0.2, -0.15) is 8.78 Å². The Labute approximate surface area is 100 Å². The maximum absolute atomic E-state index is 11.9. The number of aromatic nitrogens is 1. The lowest BCUT2D eigenvalue weighted by atomic mass is 10.2. The molecule has 88 valence electrons. The number of carbonyl (C=O) groups is 1. The number of ether oxygens (including phenoxy) is 1. The molecular formula is C9H7Cl2F2NO2. The van der Waals surface area contributed by atoms with Gasteiger partial charge in [-0.3, -0.25) is 0 Å². The van der Waals surface area contributed by atoms with E-state index in [0.29, 0.717) is 5.56 Å². The minimum atomic E-state index is -3.16. The van der Waals surface area contributed by atoms with E-state index < -0.39 is 18.5 Å². The second kappa shape index (κ2) is 5.41. The molecule has 1 unspecified atom stereocenters. The number of nitrogens with zero attached hydrogens (tertiary/aromatic N) is 1. The minimum absolute atomic E-state index is 0.0995. The highest BCUT2D eigenvalue weighted by Gasteiger charge is 2.21. The smallest absolute Gasteiger partial charge is 0.374 e. The lowest BCUT2D eigenvalue weighted by Gasteiger charge is -2.13. The van der Waals surface area contributed by atoms with Crippen molar-refractivity contribution in [3.63, 3.8) is 0 Å². The molecule has 1 heterocycles. The average molecular weight is 270 g/mol. The molecule has 0 fully saturated rings. The summed E-state index contributed by atoms with van der Waals surface area (Å²) >= 11 is 11.2. The summed E-state index contributed by atoms with van der Waals surface area (Å²) in [7, 11) is 0. The van der Waals surface area contributed by atoms with Crippen molar-refractivity contribution in [2.45, 2.75) is 19.5 Å². The summed E-state index contributed by atoms with van der Waals surface area (Å²) in [5.41, 5.74) is 0.402. The summed E-state index contributed by atoms with van der Waals surface area (Å²) in [5.74, 6) is -1.59. The van der Waals surface area contributed by atoms with E-state index in [-0.39, 0.29) is 10.3 Å². The molecule has 0 bridgehead atoms. The predicted molar refractivity (Wildman–Crippen MR) is 54.8 cm³/mol. The molecule has 0 spiro atoms. The first kappa shape index (κ1) is 13.1. The molecule has 0 aliphatic heterocycles. The van der Waals surface area contributed by atoms with E-state index in [4.69, 9.17) is 23.2 Å². The fraction of sp³-hybridized carbons (Fsp3) is 0.333. The van der Waals surface area contributed by atoms with Gasteiger partial charge in [-0.15, -0.1) is 0 Å². The van der Waals surface area contributed by atoms with E-state index in [9.17, 15) is 13.6 Å². The third-order valence-electron chi connectivity index (χ3n) is 1.73. The Hall–Kier alpha value is -0.940. The van der Waals surface area contributed by atoms with Gasteiger partial charge in [-0.25, -0.2) is 9.78 Å². The van der Waals surface area contributed by atoms with Crippen molar-refractivity contribution in [3.05, 3.63) is 28.0 Å². The Morgan fingerprint density at radius 1 is 1.38 bits per heavy atom. The van der Waals surface area contributed by atoms with E-state index in [1.54, 1.807) is 0 Å². The summed E-state index contributed by atoms with van der Waals surface area (Å²) in [6.45, 7) is 1.43. The second-order valence-corrected chi connectivity index (χ2v) is 3.70. The first-order valence-electron chi connectivity index (χ1n) is 4.21. The SMILES string of the molecule is CC(OC(=O)C(F)F)c1cc(Cl)nc(Cl)c1. The van der Waals surface area contributed by atoms with E-state index in [1.807, 2.05) is 0 Å². The van der Waals surface area contributed by atoms with Crippen LogP contribution >= 0.6 is 23.2 Å². The van der Waals surface area contributed by atoms with Crippen LogP contribution < -0.4 is 0 Å². The molecule has 0 N–H and O–H groups in total. The first-order valence-corrected chi connectivity index (χ1v) is 4.97. The molecule has 0 aliphatic rings. The second-order valence-electron chi connectivity index (χ2n) is 2.93. The van der Waals surface area contributed by atoms with E-state index in [1.165, 1.54) is 19.1 Å². The maximum atomic E-state index is 11.9. The van der Waals surface area contributed by atoms with Gasteiger partial charge < -0.3 is 4.74 Å². The number of hydrogen-bond donors (Lipinski definition) is 0. The Morgan fingerprint density at radius 2 is 1.88 bits per heavy atom. The van der Waals surface area contributed by atoms with E-state index >= 15 is 0 Å². The molecule has 1 atom stereocenters. The fourth-order valence-electron chi connectivity index (χ4n) is 1.01. The molecule has 0 radical (unpaired) electrons. The lowest BCUT2D eigenvalue weighted by Crippen LogP contribution is -2.16. The highest BCUT2D eigenvalue weighted by atomic mass is 35.5. The van der Waals surface area contributed by atoms with Crippen LogP contribution in [0.3, 0.4) is 0 Å². The molecule has 0 saturated carbocycles. The predicted octanol–water partition coefficient (Wildman–Crippen LogP) is 3.26. The van der Waals surface area contributed by atoms with Crippen molar-refractivity contribution in [1.29, 1.82) is 0 Å². The van der Waals surface area contributed by atoms with Gasteiger partial charge in [0.2, 0.25) is 0 Å². The van der Waals surface area contributed by atoms with Gasteiger partial charge >= 0.3 is 12.4 Å². The Bertz CT molecular complexity index is 381. The van der Waals surface area contributed by atoms with Crippen molar-refractivity contribution >= 4 is 29.2 Å². The molecule has 0 amide bonds. The molecule has 16 heavy (non-hydrogen) atoms. The standard InChI is InChI=1S/C9H7Cl2F2NO2/c1-4(16-9(15)8(12)13)5-2-6(10)14-7(11)3-5/h2-4,8H,1H3. The van der Waals surface area contributed by atoms with Gasteiger partial charge in [0.05, 0.1) is 0 Å². The summed E-state index contributed by atoms with van der Waals surface area (Å²) in [5, 5.41) is 0.199. The van der Waals surface area contributed by atoms with Crippen molar-refractivity contribution in [2.24, 2.45) is 0 Å². The molecule has 0 saturated heterocycles. The van der Waals surface area contributed by atoms with Crippen molar-refractivity contribution in [3.8, 4) is 0 Å². The number of carbonyl (C=O) groups excluding carboxylic acids is 1. The van der Waals surface area contributed by atoms with Gasteiger partial charge in [0.25, 0.3) is 0 Å². The van der Waals surface area contributed by atoms with Crippen LogP contribution in [0.15, 0.2) is 12.1 Å². The van der Waals surface area contributed by atoms with Crippen LogP contribution in [0.2, 0.25) is 10.3 Å². The summed E-state index contributed by atoms with van der Waals surface area (Å²) in [6, 6.07) is 2.77. The van der Waals surface area contributed by atoms with Crippen LogP contribution in [-0.2, 0) is 9.53 Å². The zero-order chi connectivity index (χ0) is 12.3. The van der Waals surface area contributed by atoms with Gasteiger partial charge in [0.15, 0.2) is 0 Å². The number of hydrogen-bond acceptors (Lipinski definition) is 3. The topological polar surface area (TPSA) is 39.2 Å². The largest absolute Gasteiger partial charge is 0.454 e. The fourth-order valence-corrected chi connectivity index (χ4v) is 1.49. The molecular weight excluding hydrogens is 263 g/mol. The van der Waals surface area contributed by atoms with Crippen LogP contribution in [0.4, 0.5) is 8.78 Å². The monoisotopic (exact) mass is 269 g/mol. The van der Waals surface area contributed by atoms with Gasteiger partial charge in [-0.1, -0.05) is 23.2 Å². The normalized spacial score (nSPS) is 12.6. The minimum Gasteiger partial charge on any atom is -0.454 e. The van der Waals surface area contributed by atoms with Gasteiger partial charge in [-0.05, 0) is 24.6 Å². The number of pyridine rings is 1. The van der Waals surface area contributed by atoms with Crippen LogP contribution in [-0.4, -0.2) is 17.4 Å². The molecule has 0 aromatic carbocycles. The molecule has 1 rings (SSSR count). The number of alkyl halides is 2. The van der Waals surface area contributed by atoms with Crippen LogP contribution in [0.1, 0.15) is 18.6 Å². The Kier molecular flexibility index (Phi) is 4.44. The van der Waals surface area contributed by atoms with Crippen molar-refractivity contribution in [1.82, 2.24) is 4.98 Å². The third-order valence-corrected chi connectivity index (χ3v) is 2.11. The van der Waals surface area contributed by atoms with Crippen LogP contribution in [0, 0.1) is 0 Å². The number of esters is 1. The molecule has 3 nitrogen and oxygen atoms in total. The molecule has 7 heteroatoms. The summed E-state index contributed by atoms with van der Waals surface area (Å²) < 4.78 is 28.3. The number of rotatable bonds is 3. The molecule has 0 aliphatic carbocycles. The third kappa shape index (κ3) is 3.57. The zero-order valence-electron chi connectivity index (χ0n) is 8.08. The van der Waals surface area contributed by atoms with E-state index in [2.05, 4.69) is 9.72 Å². The van der Waals surface area contributed by atoms with E-state index in [0.717, 1.165) is 0 Å². The van der Waals surface area contributed by atoms with Gasteiger partial charge in [0, 0.05) is 0 Å². The lowest BCUT2D eigenvalue weighted by molar-refractivity contribution is -0.161. The quantitative estimate of drug-likeness (QED) is 0.625. The first-order chi connectivity index (χ1) is 7.40. The Balaban J connectivity index is 2.80. The Morgan fingerprint density at radius 3 is 2.31 bits per heavy atom. The zero-order valence-corrected chi connectivity index (χ0v) is 9.60. The van der Waals surface area contributed by atoms with Crippen molar-refractivity contribution in [2.75, 3.05) is 0 Å². The molecule has 1 aromatic rings. The van der Waals surface area contributed by atoms with Crippen molar-refractivity contribution < 1.29 is 18.3 Å². The summed E-state index contributed by atoms with van der Waals surface area (Å²) in [6.07, 6.45) is -4.02. The summed E-state index contributed by atoms with van der Waals surface area (Å²) in [4.78, 5) is 14.3. The van der Waals surface area contributed by atoms with Crippen LogP contribution in [0.25, 0.3) is 0 Å². The van der Waals surface area contributed by atoms with Gasteiger partial charge in [0.1, 0.15) is 16.4 Å². The highest BCUT2D eigenvalue weighted by molar-refractivity contribution is 6.32. The highest BCUT2D eigenvalue weighted by Crippen LogP contribution is 2.23. The van der Waals surface area contributed by atoms with Crippen LogP contribution in [0.5, 0.6) is 0 Å². The average Bonchev–Trinajstić information content (AvgIpc) is 2.15. The number of halogens is 4.